The topological polar surface area (TPSA) is 60.2 Å². The van der Waals surface area contributed by atoms with Crippen LogP contribution in [0.25, 0.3) is 0 Å². The van der Waals surface area contributed by atoms with E-state index in [2.05, 4.69) is 15.9 Å². The normalized spacial score (nSPS) is 24.8. The van der Waals surface area contributed by atoms with Crippen molar-refractivity contribution in [3.63, 3.8) is 0 Å². The fourth-order valence-corrected chi connectivity index (χ4v) is 4.79. The lowest BCUT2D eigenvalue weighted by Crippen LogP contribution is -2.22. The number of benzene rings is 1. The molecule has 1 aliphatic heterocycles. The number of nitrogens with two attached hydrogens (primary N) is 1. The molecule has 1 aliphatic rings. The van der Waals surface area contributed by atoms with Crippen molar-refractivity contribution in [1.82, 2.24) is 0 Å². The second kappa shape index (κ2) is 4.88. The average Bonchev–Trinajstić information content (AvgIpc) is 2.58. The average molecular weight is 339 g/mol. The molecular formula is C11H13BrClNO2S. The monoisotopic (exact) mass is 337 g/mol. The molecule has 6 heteroatoms. The van der Waals surface area contributed by atoms with E-state index in [-0.39, 0.29) is 23.5 Å². The largest absolute Gasteiger partial charge is 0.324 e. The smallest absolute Gasteiger partial charge is 0.150 e. The molecule has 2 atom stereocenters. The van der Waals surface area contributed by atoms with Gasteiger partial charge in [-0.1, -0.05) is 33.6 Å². The Bertz CT molecular complexity index is 532. The molecule has 1 aromatic rings. The summed E-state index contributed by atoms with van der Waals surface area (Å²) in [6.07, 6.45) is 0.621. The standard InChI is InChI=1S/C11H13BrClNO2S/c12-8-1-2-9(10(13)5-8)11(14)7-3-4-17(15,16)6-7/h1-2,5,7,11H,3-4,6,14H2. The second-order valence-corrected chi connectivity index (χ2v) is 7.91. The molecule has 0 bridgehead atoms. The van der Waals surface area contributed by atoms with Gasteiger partial charge in [-0.3, -0.25) is 0 Å². The Labute approximate surface area is 114 Å². The molecule has 0 amide bonds. The van der Waals surface area contributed by atoms with Crippen molar-refractivity contribution in [2.45, 2.75) is 12.5 Å². The summed E-state index contributed by atoms with van der Waals surface area (Å²) >= 11 is 9.44. The first-order valence-corrected chi connectivity index (χ1v) is 8.29. The molecule has 0 radical (unpaired) electrons. The quantitative estimate of drug-likeness (QED) is 0.901. The van der Waals surface area contributed by atoms with Crippen LogP contribution in [-0.2, 0) is 9.84 Å². The summed E-state index contributed by atoms with van der Waals surface area (Å²) in [7, 11) is -2.90. The van der Waals surface area contributed by atoms with Crippen LogP contribution < -0.4 is 5.73 Å². The third-order valence-electron chi connectivity index (χ3n) is 3.10. The predicted octanol–water partition coefficient (Wildman–Crippen LogP) is 2.54. The summed E-state index contributed by atoms with van der Waals surface area (Å²) < 4.78 is 23.7. The zero-order chi connectivity index (χ0) is 12.6. The van der Waals surface area contributed by atoms with E-state index in [1.807, 2.05) is 12.1 Å². The lowest BCUT2D eigenvalue weighted by Gasteiger charge is -2.19. The highest BCUT2D eigenvalue weighted by atomic mass is 79.9. The van der Waals surface area contributed by atoms with Crippen molar-refractivity contribution in [2.24, 2.45) is 11.7 Å². The van der Waals surface area contributed by atoms with Crippen LogP contribution in [0.1, 0.15) is 18.0 Å². The first-order valence-electron chi connectivity index (χ1n) is 5.30. The summed E-state index contributed by atoms with van der Waals surface area (Å²) in [5.74, 6) is 0.374. The zero-order valence-corrected chi connectivity index (χ0v) is 12.2. The Balaban J connectivity index is 2.23. The maximum Gasteiger partial charge on any atom is 0.150 e. The van der Waals surface area contributed by atoms with Gasteiger partial charge in [0.05, 0.1) is 11.5 Å². The van der Waals surface area contributed by atoms with Gasteiger partial charge in [-0.05, 0) is 30.0 Å². The van der Waals surface area contributed by atoms with Crippen molar-refractivity contribution in [2.75, 3.05) is 11.5 Å². The Hall–Kier alpha value is -0.100. The van der Waals surface area contributed by atoms with E-state index in [0.29, 0.717) is 11.4 Å². The number of hydrogen-bond donors (Lipinski definition) is 1. The van der Waals surface area contributed by atoms with Gasteiger partial charge < -0.3 is 5.73 Å². The minimum absolute atomic E-state index is 0.0290. The van der Waals surface area contributed by atoms with Gasteiger partial charge in [0.1, 0.15) is 0 Å². The fourth-order valence-electron chi connectivity index (χ4n) is 2.13. The van der Waals surface area contributed by atoms with E-state index in [0.717, 1.165) is 10.0 Å². The summed E-state index contributed by atoms with van der Waals surface area (Å²) in [5, 5.41) is 0.580. The minimum Gasteiger partial charge on any atom is -0.324 e. The van der Waals surface area contributed by atoms with E-state index in [4.69, 9.17) is 17.3 Å². The van der Waals surface area contributed by atoms with Crippen LogP contribution in [0, 0.1) is 5.92 Å². The van der Waals surface area contributed by atoms with Crippen LogP contribution in [0.15, 0.2) is 22.7 Å². The second-order valence-electron chi connectivity index (χ2n) is 4.35. The van der Waals surface area contributed by atoms with Gasteiger partial charge in [0.15, 0.2) is 9.84 Å². The molecule has 1 heterocycles. The van der Waals surface area contributed by atoms with Crippen LogP contribution in [0.3, 0.4) is 0 Å². The predicted molar refractivity (Wildman–Crippen MR) is 72.8 cm³/mol. The Morgan fingerprint density at radius 3 is 2.71 bits per heavy atom. The number of rotatable bonds is 2. The Morgan fingerprint density at radius 1 is 1.47 bits per heavy atom. The molecule has 3 nitrogen and oxygen atoms in total. The molecule has 0 aliphatic carbocycles. The molecule has 1 aromatic carbocycles. The maximum atomic E-state index is 11.4. The third-order valence-corrected chi connectivity index (χ3v) is 5.71. The van der Waals surface area contributed by atoms with Crippen LogP contribution in [0.2, 0.25) is 5.02 Å². The SMILES string of the molecule is NC(c1ccc(Br)cc1Cl)C1CCS(=O)(=O)C1. The van der Waals surface area contributed by atoms with Gasteiger partial charge in [-0.25, -0.2) is 8.42 Å². The van der Waals surface area contributed by atoms with Gasteiger partial charge >= 0.3 is 0 Å². The van der Waals surface area contributed by atoms with Gasteiger partial charge in [-0.15, -0.1) is 0 Å². The molecule has 0 aromatic heterocycles. The highest BCUT2D eigenvalue weighted by Gasteiger charge is 2.33. The molecular weight excluding hydrogens is 326 g/mol. The third kappa shape index (κ3) is 3.02. The van der Waals surface area contributed by atoms with E-state index in [1.165, 1.54) is 0 Å². The van der Waals surface area contributed by atoms with Crippen molar-refractivity contribution in [3.8, 4) is 0 Å². The Morgan fingerprint density at radius 2 is 2.18 bits per heavy atom. The van der Waals surface area contributed by atoms with Crippen LogP contribution in [0.4, 0.5) is 0 Å². The highest BCUT2D eigenvalue weighted by molar-refractivity contribution is 9.10. The van der Waals surface area contributed by atoms with Gasteiger partial charge in [-0.2, -0.15) is 0 Å². The van der Waals surface area contributed by atoms with Crippen molar-refractivity contribution in [1.29, 1.82) is 0 Å². The number of hydrogen-bond acceptors (Lipinski definition) is 3. The van der Waals surface area contributed by atoms with E-state index < -0.39 is 9.84 Å². The molecule has 1 saturated heterocycles. The minimum atomic E-state index is -2.90. The molecule has 1 fully saturated rings. The van der Waals surface area contributed by atoms with Gasteiger partial charge in [0, 0.05) is 15.5 Å². The summed E-state index contributed by atoms with van der Waals surface area (Å²) in [6.45, 7) is 0. The van der Waals surface area contributed by atoms with Crippen molar-refractivity contribution in [3.05, 3.63) is 33.3 Å². The molecule has 0 spiro atoms. The summed E-state index contributed by atoms with van der Waals surface area (Å²) in [5.41, 5.74) is 6.92. The van der Waals surface area contributed by atoms with E-state index in [1.54, 1.807) is 6.07 Å². The molecule has 94 valence electrons. The van der Waals surface area contributed by atoms with Crippen molar-refractivity contribution < 1.29 is 8.42 Å². The Kier molecular flexibility index (Phi) is 3.83. The fraction of sp³-hybridized carbons (Fsp3) is 0.455. The molecule has 17 heavy (non-hydrogen) atoms. The summed E-state index contributed by atoms with van der Waals surface area (Å²) in [6, 6.07) is 5.18. The zero-order valence-electron chi connectivity index (χ0n) is 9.07. The molecule has 0 saturated carbocycles. The number of halogens is 2. The maximum absolute atomic E-state index is 11.4. The first-order chi connectivity index (χ1) is 7.89. The number of sulfone groups is 1. The highest BCUT2D eigenvalue weighted by Crippen LogP contribution is 2.34. The van der Waals surface area contributed by atoms with Gasteiger partial charge in [0.2, 0.25) is 0 Å². The van der Waals surface area contributed by atoms with E-state index >= 15 is 0 Å². The molecule has 2 N–H and O–H groups in total. The lowest BCUT2D eigenvalue weighted by molar-refractivity contribution is 0.480. The summed E-state index contributed by atoms with van der Waals surface area (Å²) in [4.78, 5) is 0. The van der Waals surface area contributed by atoms with Crippen LogP contribution in [0.5, 0.6) is 0 Å². The van der Waals surface area contributed by atoms with Crippen LogP contribution >= 0.6 is 27.5 Å². The molecule has 2 unspecified atom stereocenters. The van der Waals surface area contributed by atoms with Crippen LogP contribution in [-0.4, -0.2) is 19.9 Å². The molecule has 2 rings (SSSR count). The van der Waals surface area contributed by atoms with Crippen molar-refractivity contribution >= 4 is 37.4 Å². The van der Waals surface area contributed by atoms with Gasteiger partial charge in [0.25, 0.3) is 0 Å². The lowest BCUT2D eigenvalue weighted by atomic mass is 9.93. The first kappa shape index (κ1) is 13.3. The van der Waals surface area contributed by atoms with E-state index in [9.17, 15) is 8.42 Å².